The van der Waals surface area contributed by atoms with Crippen LogP contribution >= 0.6 is 0 Å². The first-order valence-electron chi connectivity index (χ1n) is 8.48. The quantitative estimate of drug-likeness (QED) is 0.907. The van der Waals surface area contributed by atoms with E-state index in [1.807, 2.05) is 0 Å². The van der Waals surface area contributed by atoms with Crippen LogP contribution in [0.2, 0.25) is 0 Å². The molecule has 0 radical (unpaired) electrons. The van der Waals surface area contributed by atoms with Gasteiger partial charge >= 0.3 is 6.03 Å². The molecule has 0 aromatic heterocycles. The van der Waals surface area contributed by atoms with Crippen molar-refractivity contribution in [3.05, 3.63) is 71.2 Å². The first kappa shape index (κ1) is 17.1. The molecule has 27 heavy (non-hydrogen) atoms. The van der Waals surface area contributed by atoms with E-state index in [1.165, 1.54) is 17.0 Å². The SMILES string of the molecule is COc1ccc(N2CC3=C(C2=O)[C@H](c2ccc(F)cc2)NC(=O)N3C)cc1. The molecular formula is C20H18FN3O3. The highest BCUT2D eigenvalue weighted by Crippen LogP contribution is 2.37. The van der Waals surface area contributed by atoms with Gasteiger partial charge in [0, 0.05) is 12.7 Å². The third kappa shape index (κ3) is 2.81. The summed E-state index contributed by atoms with van der Waals surface area (Å²) >= 11 is 0. The zero-order chi connectivity index (χ0) is 19.1. The van der Waals surface area contributed by atoms with Crippen molar-refractivity contribution < 1.29 is 18.7 Å². The summed E-state index contributed by atoms with van der Waals surface area (Å²) in [5.41, 5.74) is 2.53. The fourth-order valence-corrected chi connectivity index (χ4v) is 3.44. The largest absolute Gasteiger partial charge is 0.497 e. The number of urea groups is 1. The predicted molar refractivity (Wildman–Crippen MR) is 97.8 cm³/mol. The monoisotopic (exact) mass is 367 g/mol. The predicted octanol–water partition coefficient (Wildman–Crippen LogP) is 2.83. The molecule has 2 aromatic rings. The number of benzene rings is 2. The van der Waals surface area contributed by atoms with Gasteiger partial charge in [-0.05, 0) is 42.0 Å². The molecule has 0 aliphatic carbocycles. The lowest BCUT2D eigenvalue weighted by molar-refractivity contribution is -0.114. The number of rotatable bonds is 3. The van der Waals surface area contributed by atoms with Crippen molar-refractivity contribution in [1.82, 2.24) is 10.2 Å². The van der Waals surface area contributed by atoms with E-state index in [-0.39, 0.29) is 17.8 Å². The van der Waals surface area contributed by atoms with E-state index in [0.29, 0.717) is 34.8 Å². The number of nitrogens with zero attached hydrogens (tertiary/aromatic N) is 2. The summed E-state index contributed by atoms with van der Waals surface area (Å²) in [4.78, 5) is 28.6. The van der Waals surface area contributed by atoms with Crippen LogP contribution in [0.4, 0.5) is 14.9 Å². The molecule has 3 amide bonds. The Balaban J connectivity index is 1.72. The number of anilines is 1. The van der Waals surface area contributed by atoms with E-state index in [1.54, 1.807) is 55.5 Å². The van der Waals surface area contributed by atoms with Crippen LogP contribution in [0, 0.1) is 5.82 Å². The zero-order valence-corrected chi connectivity index (χ0v) is 14.9. The lowest BCUT2D eigenvalue weighted by Crippen LogP contribution is -2.45. The summed E-state index contributed by atoms with van der Waals surface area (Å²) in [5, 5.41) is 2.83. The molecule has 2 aliphatic rings. The number of carbonyl (C=O) groups is 2. The van der Waals surface area contributed by atoms with Crippen LogP contribution in [0.15, 0.2) is 59.8 Å². The van der Waals surface area contributed by atoms with Gasteiger partial charge in [0.2, 0.25) is 0 Å². The van der Waals surface area contributed by atoms with Gasteiger partial charge in [-0.15, -0.1) is 0 Å². The lowest BCUT2D eigenvalue weighted by Gasteiger charge is -2.31. The number of hydrogen-bond acceptors (Lipinski definition) is 3. The second-order valence-electron chi connectivity index (χ2n) is 6.44. The lowest BCUT2D eigenvalue weighted by atomic mass is 9.96. The number of halogens is 1. The van der Waals surface area contributed by atoms with Gasteiger partial charge in [0.05, 0.1) is 31.0 Å². The molecule has 7 heteroatoms. The molecule has 6 nitrogen and oxygen atoms in total. The summed E-state index contributed by atoms with van der Waals surface area (Å²) in [6.07, 6.45) is 0. The van der Waals surface area contributed by atoms with E-state index < -0.39 is 6.04 Å². The van der Waals surface area contributed by atoms with Gasteiger partial charge in [0.15, 0.2) is 0 Å². The maximum atomic E-state index is 13.3. The third-order valence-electron chi connectivity index (χ3n) is 4.95. The maximum Gasteiger partial charge on any atom is 0.322 e. The van der Waals surface area contributed by atoms with Crippen LogP contribution < -0.4 is 15.0 Å². The number of methoxy groups -OCH3 is 1. The normalized spacial score (nSPS) is 19.3. The van der Waals surface area contributed by atoms with Gasteiger partial charge in [-0.2, -0.15) is 0 Å². The standard InChI is InChI=1S/C20H18FN3O3/c1-23-16-11-24(14-7-9-15(27-2)10-8-14)19(25)17(16)18(22-20(23)26)12-3-5-13(21)6-4-12/h3-10,18H,11H2,1-2H3,(H,22,26)/t18-/m0/s1. The molecule has 138 valence electrons. The maximum absolute atomic E-state index is 13.3. The summed E-state index contributed by atoms with van der Waals surface area (Å²) in [5.74, 6) is 0.141. The van der Waals surface area contributed by atoms with E-state index in [2.05, 4.69) is 5.32 Å². The molecule has 0 fully saturated rings. The summed E-state index contributed by atoms with van der Waals surface area (Å²) in [7, 11) is 3.21. The summed E-state index contributed by atoms with van der Waals surface area (Å²) < 4.78 is 18.5. The molecule has 1 N–H and O–H groups in total. The van der Waals surface area contributed by atoms with Gasteiger partial charge in [-0.1, -0.05) is 12.1 Å². The molecule has 2 heterocycles. The molecule has 2 aromatic carbocycles. The Morgan fingerprint density at radius 2 is 1.74 bits per heavy atom. The Morgan fingerprint density at radius 3 is 2.37 bits per heavy atom. The second-order valence-corrected chi connectivity index (χ2v) is 6.44. The number of carbonyl (C=O) groups excluding carboxylic acids is 2. The number of likely N-dealkylation sites (N-methyl/N-ethyl adjacent to an activating group) is 1. The highest BCUT2D eigenvalue weighted by atomic mass is 19.1. The second kappa shape index (κ2) is 6.42. The van der Waals surface area contributed by atoms with Crippen LogP contribution in [-0.2, 0) is 4.79 Å². The first-order chi connectivity index (χ1) is 13.0. The van der Waals surface area contributed by atoms with Crippen molar-refractivity contribution in [2.24, 2.45) is 0 Å². The topological polar surface area (TPSA) is 61.9 Å². The molecule has 0 spiro atoms. The van der Waals surface area contributed by atoms with Crippen LogP contribution in [0.3, 0.4) is 0 Å². The minimum absolute atomic E-state index is 0.184. The molecule has 0 bridgehead atoms. The molecule has 2 aliphatic heterocycles. The van der Waals surface area contributed by atoms with Crippen molar-refractivity contribution >= 4 is 17.6 Å². The molecule has 4 rings (SSSR count). The molecule has 1 atom stereocenters. The van der Waals surface area contributed by atoms with E-state index >= 15 is 0 Å². The first-order valence-corrected chi connectivity index (χ1v) is 8.48. The molecule has 0 saturated carbocycles. The minimum atomic E-state index is -0.611. The highest BCUT2D eigenvalue weighted by Gasteiger charge is 2.43. The Morgan fingerprint density at radius 1 is 1.07 bits per heavy atom. The Bertz CT molecular complexity index is 938. The fraction of sp³-hybridized carbons (Fsp3) is 0.200. The van der Waals surface area contributed by atoms with Crippen molar-refractivity contribution in [3.8, 4) is 5.75 Å². The Hall–Kier alpha value is -3.35. The number of ether oxygens (including phenoxy) is 1. The fourth-order valence-electron chi connectivity index (χ4n) is 3.44. The van der Waals surface area contributed by atoms with Crippen molar-refractivity contribution in [2.45, 2.75) is 6.04 Å². The Labute approximate surface area is 155 Å². The Kier molecular flexibility index (Phi) is 4.07. The molecule has 0 saturated heterocycles. The van der Waals surface area contributed by atoms with Gasteiger partial charge in [0.1, 0.15) is 11.6 Å². The molecule has 0 unspecified atom stereocenters. The highest BCUT2D eigenvalue weighted by molar-refractivity contribution is 6.11. The summed E-state index contributed by atoms with van der Waals surface area (Å²) in [6.45, 7) is 0.294. The minimum Gasteiger partial charge on any atom is -0.497 e. The number of amides is 3. The molecular weight excluding hydrogens is 349 g/mol. The van der Waals surface area contributed by atoms with Crippen molar-refractivity contribution in [3.63, 3.8) is 0 Å². The van der Waals surface area contributed by atoms with Gasteiger partial charge in [-0.3, -0.25) is 9.69 Å². The number of hydrogen-bond donors (Lipinski definition) is 1. The smallest absolute Gasteiger partial charge is 0.322 e. The average Bonchev–Trinajstić information content (AvgIpc) is 3.03. The summed E-state index contributed by atoms with van der Waals surface area (Å²) in [6, 6.07) is 12.1. The van der Waals surface area contributed by atoms with E-state index in [9.17, 15) is 14.0 Å². The van der Waals surface area contributed by atoms with Crippen LogP contribution in [-0.4, -0.2) is 37.5 Å². The van der Waals surface area contributed by atoms with Crippen LogP contribution in [0.1, 0.15) is 11.6 Å². The average molecular weight is 367 g/mol. The van der Waals surface area contributed by atoms with Gasteiger partial charge in [0.25, 0.3) is 5.91 Å². The van der Waals surface area contributed by atoms with Gasteiger partial charge in [-0.25, -0.2) is 9.18 Å². The van der Waals surface area contributed by atoms with Crippen LogP contribution in [0.5, 0.6) is 5.75 Å². The van der Waals surface area contributed by atoms with E-state index in [4.69, 9.17) is 4.74 Å². The van der Waals surface area contributed by atoms with Crippen molar-refractivity contribution in [1.29, 1.82) is 0 Å². The van der Waals surface area contributed by atoms with Crippen LogP contribution in [0.25, 0.3) is 0 Å². The van der Waals surface area contributed by atoms with E-state index in [0.717, 1.165) is 0 Å². The zero-order valence-electron chi connectivity index (χ0n) is 14.9. The van der Waals surface area contributed by atoms with Gasteiger partial charge < -0.3 is 15.0 Å². The number of nitrogens with one attached hydrogen (secondary N) is 1. The van der Waals surface area contributed by atoms with Crippen molar-refractivity contribution in [2.75, 3.05) is 25.6 Å². The third-order valence-corrected chi connectivity index (χ3v) is 4.95.